The van der Waals surface area contributed by atoms with Gasteiger partial charge in [-0.2, -0.15) is 0 Å². The van der Waals surface area contributed by atoms with E-state index < -0.39 is 0 Å². The Kier molecular flexibility index (Phi) is 3.36. The molecule has 1 aliphatic heterocycles. The maximum Gasteiger partial charge on any atom is 0.204 e. The Hall–Kier alpha value is -2.01. The molecule has 2 aromatic carbocycles. The molecule has 1 aliphatic rings. The van der Waals surface area contributed by atoms with E-state index in [2.05, 4.69) is 9.71 Å². The number of nitrogens with one attached hydrogen (secondary N) is 1. The smallest absolute Gasteiger partial charge is 0.204 e. The van der Waals surface area contributed by atoms with Crippen LogP contribution >= 0.6 is 11.9 Å². The van der Waals surface area contributed by atoms with E-state index in [-0.39, 0.29) is 5.82 Å². The van der Waals surface area contributed by atoms with Crippen molar-refractivity contribution in [3.63, 3.8) is 0 Å². The van der Waals surface area contributed by atoms with Gasteiger partial charge in [-0.3, -0.25) is 4.72 Å². The molecule has 0 aromatic heterocycles. The molecule has 1 heterocycles. The zero-order valence-electron chi connectivity index (χ0n) is 11.0. The van der Waals surface area contributed by atoms with Gasteiger partial charge in [0, 0.05) is 12.0 Å². The van der Waals surface area contributed by atoms with E-state index in [0.29, 0.717) is 23.6 Å². The summed E-state index contributed by atoms with van der Waals surface area (Å²) in [6.45, 7) is 2.02. The van der Waals surface area contributed by atoms with Crippen molar-refractivity contribution in [2.45, 2.75) is 18.2 Å². The molecule has 5 heteroatoms. The van der Waals surface area contributed by atoms with Crippen LogP contribution in [-0.4, -0.2) is 5.96 Å². The Morgan fingerprint density at radius 2 is 2.05 bits per heavy atom. The molecule has 0 saturated heterocycles. The van der Waals surface area contributed by atoms with Crippen LogP contribution in [-0.2, 0) is 6.42 Å². The van der Waals surface area contributed by atoms with Crippen LogP contribution < -0.4 is 10.5 Å². The molecule has 102 valence electrons. The van der Waals surface area contributed by atoms with Gasteiger partial charge in [0.05, 0.1) is 10.6 Å². The van der Waals surface area contributed by atoms with Crippen molar-refractivity contribution in [3.05, 3.63) is 58.9 Å². The Balaban J connectivity index is 2.09. The fourth-order valence-electron chi connectivity index (χ4n) is 2.21. The van der Waals surface area contributed by atoms with E-state index in [1.807, 2.05) is 31.2 Å². The van der Waals surface area contributed by atoms with E-state index in [9.17, 15) is 4.39 Å². The largest absolute Gasteiger partial charge is 0.369 e. The molecule has 0 spiro atoms. The van der Waals surface area contributed by atoms with Gasteiger partial charge in [0.15, 0.2) is 0 Å². The first-order valence-corrected chi connectivity index (χ1v) is 7.09. The summed E-state index contributed by atoms with van der Waals surface area (Å²) in [5.74, 6) is 0.0604. The predicted molar refractivity (Wildman–Crippen MR) is 80.7 cm³/mol. The van der Waals surface area contributed by atoms with Crippen LogP contribution in [0, 0.1) is 12.7 Å². The van der Waals surface area contributed by atoms with Gasteiger partial charge in [-0.1, -0.05) is 24.3 Å². The quantitative estimate of drug-likeness (QED) is 0.833. The first kappa shape index (κ1) is 13.0. The fourth-order valence-corrected chi connectivity index (χ4v) is 2.87. The van der Waals surface area contributed by atoms with Gasteiger partial charge in [-0.15, -0.1) is 0 Å². The van der Waals surface area contributed by atoms with Gasteiger partial charge < -0.3 is 5.73 Å². The van der Waals surface area contributed by atoms with Gasteiger partial charge in [0.1, 0.15) is 5.82 Å². The zero-order chi connectivity index (χ0) is 14.1. The number of halogens is 1. The fraction of sp³-hybridized carbons (Fsp3) is 0.133. The van der Waals surface area contributed by atoms with Gasteiger partial charge in [0.25, 0.3) is 0 Å². The van der Waals surface area contributed by atoms with Crippen molar-refractivity contribution >= 4 is 23.6 Å². The molecule has 0 fully saturated rings. The number of fused-ring (bicyclic) bond motifs is 1. The number of aryl methyl sites for hydroxylation is 1. The summed E-state index contributed by atoms with van der Waals surface area (Å²) in [5.41, 5.74) is 9.15. The average Bonchev–Trinajstić information content (AvgIpc) is 2.44. The minimum absolute atomic E-state index is 0.244. The second-order valence-corrected chi connectivity index (χ2v) is 5.53. The van der Waals surface area contributed by atoms with E-state index in [1.54, 1.807) is 6.07 Å². The third-order valence-electron chi connectivity index (χ3n) is 3.31. The molecule has 0 aliphatic carbocycles. The number of hydrogen-bond donors (Lipinski definition) is 2. The third-order valence-corrected chi connectivity index (χ3v) is 4.18. The van der Waals surface area contributed by atoms with Crippen LogP contribution in [0.1, 0.15) is 16.7 Å². The molecule has 3 nitrogen and oxygen atoms in total. The molecule has 3 N–H and O–H groups in total. The highest BCUT2D eigenvalue weighted by atomic mass is 32.2. The minimum Gasteiger partial charge on any atom is -0.369 e. The van der Waals surface area contributed by atoms with Crippen LogP contribution in [0.15, 0.2) is 46.3 Å². The topological polar surface area (TPSA) is 50.4 Å². The van der Waals surface area contributed by atoms with E-state index in [1.165, 1.54) is 18.0 Å². The summed E-state index contributed by atoms with van der Waals surface area (Å²) >= 11 is 1.36. The maximum absolute atomic E-state index is 14.2. The van der Waals surface area contributed by atoms with Gasteiger partial charge in [-0.05, 0) is 42.1 Å². The summed E-state index contributed by atoms with van der Waals surface area (Å²) in [7, 11) is 0. The summed E-state index contributed by atoms with van der Waals surface area (Å²) in [6.07, 6.45) is 0.513. The Labute approximate surface area is 121 Å². The van der Waals surface area contributed by atoms with Crippen LogP contribution in [0.5, 0.6) is 0 Å². The number of nitrogens with zero attached hydrogens (tertiary/aromatic N) is 1. The highest BCUT2D eigenvalue weighted by Gasteiger charge is 2.18. The Morgan fingerprint density at radius 3 is 2.85 bits per heavy atom. The number of aliphatic imine (C=N–C) groups is 1. The summed E-state index contributed by atoms with van der Waals surface area (Å²) in [6, 6.07) is 11.2. The summed E-state index contributed by atoms with van der Waals surface area (Å²) in [4.78, 5) is 5.15. The first-order chi connectivity index (χ1) is 9.65. The first-order valence-electron chi connectivity index (χ1n) is 6.28. The third kappa shape index (κ3) is 2.36. The zero-order valence-corrected chi connectivity index (χ0v) is 11.8. The van der Waals surface area contributed by atoms with E-state index in [4.69, 9.17) is 5.73 Å². The highest BCUT2D eigenvalue weighted by Crippen LogP contribution is 2.36. The minimum atomic E-state index is -0.244. The van der Waals surface area contributed by atoms with Crippen molar-refractivity contribution in [2.75, 3.05) is 0 Å². The van der Waals surface area contributed by atoms with Crippen LogP contribution in [0.4, 0.5) is 10.1 Å². The van der Waals surface area contributed by atoms with Crippen molar-refractivity contribution < 1.29 is 4.39 Å². The molecule has 2 aromatic rings. The standard InChI is InChI=1S/C15H14FN3S/c1-9-4-2-3-5-10(9)8-11-12(16)6-7-13-14(11)18-15(17)19-20-13/h2-7H,8H2,1H3,(H3,17,18,19). The molecule has 0 atom stereocenters. The second kappa shape index (κ2) is 5.17. The predicted octanol–water partition coefficient (Wildman–Crippen LogP) is 3.28. The lowest BCUT2D eigenvalue weighted by molar-refractivity contribution is 0.612. The molecule has 0 bridgehead atoms. The van der Waals surface area contributed by atoms with Gasteiger partial charge in [-0.25, -0.2) is 9.38 Å². The number of rotatable bonds is 2. The molecule has 0 amide bonds. The summed E-state index contributed by atoms with van der Waals surface area (Å²) in [5, 5.41) is 0. The Morgan fingerprint density at radius 1 is 1.25 bits per heavy atom. The monoisotopic (exact) mass is 287 g/mol. The van der Waals surface area contributed by atoms with Crippen molar-refractivity contribution in [1.29, 1.82) is 0 Å². The van der Waals surface area contributed by atoms with Crippen molar-refractivity contribution in [1.82, 2.24) is 4.72 Å². The molecule has 0 unspecified atom stereocenters. The van der Waals surface area contributed by atoms with E-state index >= 15 is 0 Å². The lowest BCUT2D eigenvalue weighted by atomic mass is 9.99. The average molecular weight is 287 g/mol. The second-order valence-electron chi connectivity index (χ2n) is 4.68. The normalized spacial score (nSPS) is 13.4. The van der Waals surface area contributed by atoms with Gasteiger partial charge in [0.2, 0.25) is 5.96 Å². The number of guanidine groups is 1. The number of nitrogens with two attached hydrogens (primary N) is 1. The maximum atomic E-state index is 14.2. The van der Waals surface area contributed by atoms with E-state index in [0.717, 1.165) is 16.0 Å². The molecule has 0 saturated carbocycles. The molecular weight excluding hydrogens is 273 g/mol. The van der Waals surface area contributed by atoms with Crippen molar-refractivity contribution in [3.8, 4) is 0 Å². The van der Waals surface area contributed by atoms with Crippen LogP contribution in [0.25, 0.3) is 0 Å². The molecule has 20 heavy (non-hydrogen) atoms. The molecule has 0 radical (unpaired) electrons. The molecular formula is C15H14FN3S. The number of hydrogen-bond acceptors (Lipinski definition) is 4. The highest BCUT2D eigenvalue weighted by molar-refractivity contribution is 7.98. The van der Waals surface area contributed by atoms with Crippen LogP contribution in [0.3, 0.4) is 0 Å². The van der Waals surface area contributed by atoms with Crippen molar-refractivity contribution in [2.24, 2.45) is 10.7 Å². The lowest BCUT2D eigenvalue weighted by Crippen LogP contribution is -2.27. The summed E-state index contributed by atoms with van der Waals surface area (Å²) < 4.78 is 17.1. The van der Waals surface area contributed by atoms with Gasteiger partial charge >= 0.3 is 0 Å². The lowest BCUT2D eigenvalue weighted by Gasteiger charge is -2.18. The number of benzene rings is 2. The van der Waals surface area contributed by atoms with Crippen LogP contribution in [0.2, 0.25) is 0 Å². The molecule has 3 rings (SSSR count). The SMILES string of the molecule is Cc1ccccc1Cc1c(F)ccc2c1N=C(N)NS2. The Bertz CT molecular complexity index is 698.